The first-order chi connectivity index (χ1) is 14.7. The molecule has 1 aliphatic carbocycles. The molecule has 1 fully saturated rings. The summed E-state index contributed by atoms with van der Waals surface area (Å²) in [5.74, 6) is 2.02. The second kappa shape index (κ2) is 9.34. The molecule has 0 aliphatic heterocycles. The van der Waals surface area contributed by atoms with Crippen molar-refractivity contribution in [2.75, 3.05) is 7.11 Å². The third kappa shape index (κ3) is 4.51. The van der Waals surface area contributed by atoms with Crippen molar-refractivity contribution in [2.45, 2.75) is 49.1 Å². The Balaban J connectivity index is 1.62. The van der Waals surface area contributed by atoms with Crippen LogP contribution in [0.3, 0.4) is 0 Å². The molecule has 2 N–H and O–H groups in total. The number of nitrogens with two attached hydrogens (primary N) is 1. The van der Waals surface area contributed by atoms with Crippen molar-refractivity contribution in [3.63, 3.8) is 0 Å². The third-order valence-corrected chi connectivity index (χ3v) is 6.55. The van der Waals surface area contributed by atoms with Crippen molar-refractivity contribution < 1.29 is 9.53 Å². The maximum absolute atomic E-state index is 11.5. The zero-order valence-corrected chi connectivity index (χ0v) is 17.9. The van der Waals surface area contributed by atoms with Gasteiger partial charge in [0.1, 0.15) is 5.75 Å². The fraction of sp³-hybridized carbons (Fsp3) is 0.348. The number of amides is 1. The summed E-state index contributed by atoms with van der Waals surface area (Å²) in [5.41, 5.74) is 8.03. The highest BCUT2D eigenvalue weighted by Gasteiger charge is 2.24. The molecule has 30 heavy (non-hydrogen) atoms. The van der Waals surface area contributed by atoms with Gasteiger partial charge in [0.2, 0.25) is 5.91 Å². The fourth-order valence-electron chi connectivity index (χ4n) is 3.94. The van der Waals surface area contributed by atoms with Crippen molar-refractivity contribution in [3.8, 4) is 17.1 Å². The Kier molecular flexibility index (Phi) is 6.38. The fourth-order valence-corrected chi connectivity index (χ4v) is 4.89. The first kappa shape index (κ1) is 20.5. The second-order valence-electron chi connectivity index (χ2n) is 7.55. The Morgan fingerprint density at radius 1 is 1.13 bits per heavy atom. The summed E-state index contributed by atoms with van der Waals surface area (Å²) in [7, 11) is 1.67. The van der Waals surface area contributed by atoms with Gasteiger partial charge in [-0.2, -0.15) is 0 Å². The Hall–Kier alpha value is -2.80. The molecule has 1 amide bonds. The minimum atomic E-state index is -0.408. The van der Waals surface area contributed by atoms with Crippen LogP contribution in [0.2, 0.25) is 0 Å². The van der Waals surface area contributed by atoms with Crippen LogP contribution in [0, 0.1) is 0 Å². The third-order valence-electron chi connectivity index (χ3n) is 5.53. The summed E-state index contributed by atoms with van der Waals surface area (Å²) >= 11 is 1.65. The Morgan fingerprint density at radius 2 is 1.90 bits per heavy atom. The van der Waals surface area contributed by atoms with E-state index in [1.165, 1.54) is 19.3 Å². The lowest BCUT2D eigenvalue weighted by molar-refractivity contribution is 0.1000. The van der Waals surface area contributed by atoms with Crippen LogP contribution in [0.1, 0.15) is 54.1 Å². The van der Waals surface area contributed by atoms with E-state index in [1.807, 2.05) is 42.5 Å². The van der Waals surface area contributed by atoms with Gasteiger partial charge in [-0.25, -0.2) is 0 Å². The zero-order chi connectivity index (χ0) is 20.9. The van der Waals surface area contributed by atoms with Crippen LogP contribution in [0.25, 0.3) is 11.4 Å². The van der Waals surface area contributed by atoms with E-state index in [9.17, 15) is 4.79 Å². The number of nitrogens with zero attached hydrogens (tertiary/aromatic N) is 3. The summed E-state index contributed by atoms with van der Waals surface area (Å²) in [6.45, 7) is 0. The molecule has 6 nitrogen and oxygen atoms in total. The average molecular weight is 423 g/mol. The molecule has 4 rings (SSSR count). The number of thioether (sulfide) groups is 1. The molecule has 7 heteroatoms. The number of hydrogen-bond donors (Lipinski definition) is 1. The smallest absolute Gasteiger partial charge is 0.248 e. The lowest BCUT2D eigenvalue weighted by Crippen LogP contribution is -2.15. The highest BCUT2D eigenvalue weighted by molar-refractivity contribution is 7.98. The van der Waals surface area contributed by atoms with Crippen LogP contribution in [0.15, 0.2) is 53.7 Å². The SMILES string of the molecule is COc1ccc(-c2nnc(SCc3cccc(C(N)=O)c3)n2C2CCCCC2)cc1. The predicted molar refractivity (Wildman–Crippen MR) is 119 cm³/mol. The number of methoxy groups -OCH3 is 1. The van der Waals surface area contributed by atoms with Crippen LogP contribution in [-0.4, -0.2) is 27.8 Å². The van der Waals surface area contributed by atoms with E-state index >= 15 is 0 Å². The number of benzene rings is 2. The van der Waals surface area contributed by atoms with Crippen molar-refractivity contribution in [2.24, 2.45) is 5.73 Å². The van der Waals surface area contributed by atoms with Gasteiger partial charge in [-0.1, -0.05) is 43.2 Å². The molecule has 0 spiro atoms. The van der Waals surface area contributed by atoms with Crippen LogP contribution in [0.4, 0.5) is 0 Å². The minimum Gasteiger partial charge on any atom is -0.497 e. The monoisotopic (exact) mass is 422 g/mol. The molecule has 0 bridgehead atoms. The minimum absolute atomic E-state index is 0.408. The quantitative estimate of drug-likeness (QED) is 0.550. The molecule has 1 heterocycles. The van der Waals surface area contributed by atoms with Gasteiger partial charge in [0.25, 0.3) is 0 Å². The van der Waals surface area contributed by atoms with E-state index in [-0.39, 0.29) is 0 Å². The molecular formula is C23H26N4O2S. The molecule has 0 unspecified atom stereocenters. The highest BCUT2D eigenvalue weighted by Crippen LogP contribution is 2.36. The summed E-state index contributed by atoms with van der Waals surface area (Å²) < 4.78 is 7.60. The van der Waals surface area contributed by atoms with E-state index < -0.39 is 5.91 Å². The summed E-state index contributed by atoms with van der Waals surface area (Å²) in [5, 5.41) is 10.0. The number of ether oxygens (including phenoxy) is 1. The molecule has 1 aliphatic rings. The topological polar surface area (TPSA) is 83.0 Å². The maximum atomic E-state index is 11.5. The summed E-state index contributed by atoms with van der Waals surface area (Å²) in [6, 6.07) is 15.8. The molecule has 0 atom stereocenters. The van der Waals surface area contributed by atoms with Gasteiger partial charge < -0.3 is 10.5 Å². The molecule has 0 saturated heterocycles. The lowest BCUT2D eigenvalue weighted by atomic mass is 9.95. The van der Waals surface area contributed by atoms with Crippen LogP contribution < -0.4 is 10.5 Å². The number of rotatable bonds is 7. The first-order valence-corrected chi connectivity index (χ1v) is 11.2. The van der Waals surface area contributed by atoms with Crippen LogP contribution in [-0.2, 0) is 5.75 Å². The molecule has 0 radical (unpaired) electrons. The van der Waals surface area contributed by atoms with Gasteiger partial charge >= 0.3 is 0 Å². The van der Waals surface area contributed by atoms with Crippen molar-refractivity contribution in [3.05, 3.63) is 59.7 Å². The van der Waals surface area contributed by atoms with Crippen LogP contribution in [0.5, 0.6) is 5.75 Å². The molecule has 1 saturated carbocycles. The summed E-state index contributed by atoms with van der Waals surface area (Å²) in [6.07, 6.45) is 6.04. The number of primary amides is 1. The van der Waals surface area contributed by atoms with E-state index in [0.29, 0.717) is 17.4 Å². The number of hydrogen-bond acceptors (Lipinski definition) is 5. The Labute approximate surface area is 180 Å². The largest absolute Gasteiger partial charge is 0.497 e. The van der Waals surface area contributed by atoms with Crippen molar-refractivity contribution >= 4 is 17.7 Å². The van der Waals surface area contributed by atoms with Crippen LogP contribution >= 0.6 is 11.8 Å². The van der Waals surface area contributed by atoms with Crippen molar-refractivity contribution in [1.29, 1.82) is 0 Å². The second-order valence-corrected chi connectivity index (χ2v) is 8.49. The van der Waals surface area contributed by atoms with Gasteiger partial charge in [0.15, 0.2) is 11.0 Å². The molecule has 156 valence electrons. The van der Waals surface area contributed by atoms with Gasteiger partial charge in [0.05, 0.1) is 7.11 Å². The lowest BCUT2D eigenvalue weighted by Gasteiger charge is -2.25. The van der Waals surface area contributed by atoms with E-state index in [0.717, 1.165) is 40.7 Å². The Bertz CT molecular complexity index is 1010. The van der Waals surface area contributed by atoms with Gasteiger partial charge in [-0.15, -0.1) is 10.2 Å². The first-order valence-electron chi connectivity index (χ1n) is 10.3. The molecular weight excluding hydrogens is 396 g/mol. The highest BCUT2D eigenvalue weighted by atomic mass is 32.2. The number of carbonyl (C=O) groups is 1. The standard InChI is InChI=1S/C23H26N4O2S/c1-29-20-12-10-17(11-13-20)22-25-26-23(27(22)19-8-3-2-4-9-19)30-15-16-6-5-7-18(14-16)21(24)28/h5-7,10-14,19H,2-4,8-9,15H2,1H3,(H2,24,28). The Morgan fingerprint density at radius 3 is 2.60 bits per heavy atom. The molecule has 1 aromatic heterocycles. The van der Waals surface area contributed by atoms with Crippen molar-refractivity contribution in [1.82, 2.24) is 14.8 Å². The number of carbonyl (C=O) groups excluding carboxylic acids is 1. The van der Waals surface area contributed by atoms with E-state index in [1.54, 1.807) is 24.9 Å². The molecule has 3 aromatic rings. The van der Waals surface area contributed by atoms with Gasteiger partial charge in [0, 0.05) is 22.9 Å². The normalized spacial score (nSPS) is 14.6. The average Bonchev–Trinajstić information content (AvgIpc) is 3.22. The molecule has 2 aromatic carbocycles. The van der Waals surface area contributed by atoms with Gasteiger partial charge in [-0.3, -0.25) is 9.36 Å². The number of aromatic nitrogens is 3. The zero-order valence-electron chi connectivity index (χ0n) is 17.1. The summed E-state index contributed by atoms with van der Waals surface area (Å²) in [4.78, 5) is 11.5. The van der Waals surface area contributed by atoms with E-state index in [2.05, 4.69) is 14.8 Å². The predicted octanol–water partition coefficient (Wildman–Crippen LogP) is 4.85. The van der Waals surface area contributed by atoms with Gasteiger partial charge in [-0.05, 0) is 54.8 Å². The maximum Gasteiger partial charge on any atom is 0.248 e. The van der Waals surface area contributed by atoms with E-state index in [4.69, 9.17) is 10.5 Å².